The predicted octanol–water partition coefficient (Wildman–Crippen LogP) is 6.40. The van der Waals surface area contributed by atoms with E-state index in [1.165, 1.54) is 6.07 Å². The molecule has 0 spiro atoms. The zero-order valence-electron chi connectivity index (χ0n) is 19.9. The first kappa shape index (κ1) is 24.4. The third-order valence-corrected chi connectivity index (χ3v) is 5.69. The van der Waals surface area contributed by atoms with Crippen molar-refractivity contribution >= 4 is 28.5 Å². The fraction of sp³-hybridized carbons (Fsp3) is 0.214. The highest BCUT2D eigenvalue weighted by atomic mass is 35.5. The van der Waals surface area contributed by atoms with E-state index in [1.807, 2.05) is 24.3 Å². The van der Waals surface area contributed by atoms with Gasteiger partial charge in [0.15, 0.2) is 12.4 Å². The van der Waals surface area contributed by atoms with Crippen LogP contribution in [0.15, 0.2) is 75.9 Å². The molecule has 1 heterocycles. The van der Waals surface area contributed by atoms with Crippen LogP contribution in [0, 0.1) is 0 Å². The summed E-state index contributed by atoms with van der Waals surface area (Å²) >= 11 is 6.09. The van der Waals surface area contributed by atoms with Gasteiger partial charge in [0.2, 0.25) is 11.2 Å². The number of benzene rings is 3. The maximum absolute atomic E-state index is 13.3. The molecule has 4 aromatic rings. The molecule has 0 unspecified atom stereocenters. The summed E-state index contributed by atoms with van der Waals surface area (Å²) in [4.78, 5) is 26.0. The molecule has 1 aromatic heterocycles. The SMILES string of the molecule is COc1ccc(OCC(=O)Oc2c(-c3ccc(C(C)(C)C)cc3)oc3ccc(Cl)cc3c2=O)cc1. The average Bonchev–Trinajstić information content (AvgIpc) is 2.84. The monoisotopic (exact) mass is 492 g/mol. The molecule has 7 heteroatoms. The highest BCUT2D eigenvalue weighted by Gasteiger charge is 2.22. The lowest BCUT2D eigenvalue weighted by Gasteiger charge is -2.19. The Balaban J connectivity index is 1.68. The van der Waals surface area contributed by atoms with Crippen molar-refractivity contribution in [2.24, 2.45) is 0 Å². The van der Waals surface area contributed by atoms with Crippen molar-refractivity contribution in [1.29, 1.82) is 0 Å². The lowest BCUT2D eigenvalue weighted by Crippen LogP contribution is -2.21. The van der Waals surface area contributed by atoms with Gasteiger partial charge in [0.05, 0.1) is 12.5 Å². The third kappa shape index (κ3) is 5.49. The maximum Gasteiger partial charge on any atom is 0.349 e. The van der Waals surface area contributed by atoms with Gasteiger partial charge in [-0.25, -0.2) is 4.79 Å². The molecule has 0 saturated carbocycles. The summed E-state index contributed by atoms with van der Waals surface area (Å²) in [6, 6.07) is 19.1. The van der Waals surface area contributed by atoms with Crippen LogP contribution in [0.25, 0.3) is 22.3 Å². The molecule has 3 aromatic carbocycles. The topological polar surface area (TPSA) is 75.0 Å². The quantitative estimate of drug-likeness (QED) is 0.290. The van der Waals surface area contributed by atoms with Crippen molar-refractivity contribution in [2.75, 3.05) is 13.7 Å². The first-order valence-electron chi connectivity index (χ1n) is 11.0. The smallest absolute Gasteiger partial charge is 0.349 e. The van der Waals surface area contributed by atoms with Crippen LogP contribution >= 0.6 is 11.6 Å². The van der Waals surface area contributed by atoms with Gasteiger partial charge in [-0.15, -0.1) is 0 Å². The number of carbonyl (C=O) groups excluding carboxylic acids is 1. The van der Waals surface area contributed by atoms with Crippen molar-refractivity contribution in [2.45, 2.75) is 26.2 Å². The van der Waals surface area contributed by atoms with Gasteiger partial charge in [-0.3, -0.25) is 4.79 Å². The standard InChI is InChI=1S/C28H25ClO6/c1-28(2,3)18-7-5-17(6-8-18)26-27(25(31)22-15-19(29)9-14-23(22)34-26)35-24(30)16-33-21-12-10-20(32-4)11-13-21/h5-15H,16H2,1-4H3. The van der Waals surface area contributed by atoms with Gasteiger partial charge in [-0.2, -0.15) is 0 Å². The molecular weight excluding hydrogens is 468 g/mol. The van der Waals surface area contributed by atoms with E-state index >= 15 is 0 Å². The van der Waals surface area contributed by atoms with Gasteiger partial charge in [0, 0.05) is 10.6 Å². The zero-order chi connectivity index (χ0) is 25.2. The van der Waals surface area contributed by atoms with Gasteiger partial charge in [0.25, 0.3) is 0 Å². The molecule has 0 bridgehead atoms. The summed E-state index contributed by atoms with van der Waals surface area (Å²) in [5, 5.41) is 0.582. The average molecular weight is 493 g/mol. The second kappa shape index (κ2) is 9.84. The summed E-state index contributed by atoms with van der Waals surface area (Å²) in [6.45, 7) is 5.93. The molecule has 4 rings (SSSR count). The van der Waals surface area contributed by atoms with Gasteiger partial charge < -0.3 is 18.6 Å². The van der Waals surface area contributed by atoms with Crippen molar-refractivity contribution in [3.8, 4) is 28.6 Å². The Labute approximate surface area is 208 Å². The van der Waals surface area contributed by atoms with Gasteiger partial charge in [-0.05, 0) is 53.4 Å². The molecule has 0 fully saturated rings. The molecule has 35 heavy (non-hydrogen) atoms. The predicted molar refractivity (Wildman–Crippen MR) is 136 cm³/mol. The second-order valence-corrected chi connectivity index (χ2v) is 9.43. The van der Waals surface area contributed by atoms with Crippen LogP contribution in [0.1, 0.15) is 26.3 Å². The minimum atomic E-state index is -0.748. The van der Waals surface area contributed by atoms with E-state index in [1.54, 1.807) is 43.5 Å². The number of ether oxygens (including phenoxy) is 3. The maximum atomic E-state index is 13.3. The number of methoxy groups -OCH3 is 1. The lowest BCUT2D eigenvalue weighted by molar-refractivity contribution is -0.136. The molecule has 0 aliphatic carbocycles. The fourth-order valence-corrected chi connectivity index (χ4v) is 3.68. The lowest BCUT2D eigenvalue weighted by atomic mass is 9.86. The molecular formula is C28H25ClO6. The molecule has 0 saturated heterocycles. The Hall–Kier alpha value is -3.77. The normalized spacial score (nSPS) is 11.3. The molecule has 0 atom stereocenters. The number of hydrogen-bond donors (Lipinski definition) is 0. The van der Waals surface area contributed by atoms with Crippen LogP contribution in [0.3, 0.4) is 0 Å². The first-order valence-corrected chi connectivity index (χ1v) is 11.4. The highest BCUT2D eigenvalue weighted by Crippen LogP contribution is 2.33. The van der Waals surface area contributed by atoms with Crippen LogP contribution in [-0.4, -0.2) is 19.7 Å². The molecule has 0 amide bonds. The Morgan fingerprint density at radius 1 is 0.943 bits per heavy atom. The van der Waals surface area contributed by atoms with Crippen molar-refractivity contribution in [3.05, 3.63) is 87.5 Å². The fourth-order valence-electron chi connectivity index (χ4n) is 3.51. The van der Waals surface area contributed by atoms with Crippen LogP contribution in [0.2, 0.25) is 5.02 Å². The molecule has 180 valence electrons. The largest absolute Gasteiger partial charge is 0.497 e. The Bertz CT molecular complexity index is 1410. The summed E-state index contributed by atoms with van der Waals surface area (Å²) < 4.78 is 22.2. The second-order valence-electron chi connectivity index (χ2n) is 9.00. The van der Waals surface area contributed by atoms with Gasteiger partial charge >= 0.3 is 5.97 Å². The summed E-state index contributed by atoms with van der Waals surface area (Å²) in [5.74, 6) is 0.310. The number of hydrogen-bond acceptors (Lipinski definition) is 6. The Morgan fingerprint density at radius 2 is 1.60 bits per heavy atom. The number of esters is 1. The van der Waals surface area contributed by atoms with E-state index < -0.39 is 18.0 Å². The van der Waals surface area contributed by atoms with E-state index in [0.717, 1.165) is 5.56 Å². The zero-order valence-corrected chi connectivity index (χ0v) is 20.6. The van der Waals surface area contributed by atoms with Crippen molar-refractivity contribution in [1.82, 2.24) is 0 Å². The first-order chi connectivity index (χ1) is 16.7. The number of halogens is 1. The van der Waals surface area contributed by atoms with E-state index in [9.17, 15) is 9.59 Å². The third-order valence-electron chi connectivity index (χ3n) is 5.46. The number of fused-ring (bicyclic) bond motifs is 1. The molecule has 6 nitrogen and oxygen atoms in total. The van der Waals surface area contributed by atoms with E-state index in [4.69, 9.17) is 30.2 Å². The van der Waals surface area contributed by atoms with Crippen LogP contribution in [0.4, 0.5) is 0 Å². The van der Waals surface area contributed by atoms with Crippen molar-refractivity contribution < 1.29 is 23.4 Å². The van der Waals surface area contributed by atoms with Crippen molar-refractivity contribution in [3.63, 3.8) is 0 Å². The molecule has 0 aliphatic heterocycles. The van der Waals surface area contributed by atoms with E-state index in [-0.39, 0.29) is 22.3 Å². The van der Waals surface area contributed by atoms with Crippen LogP contribution < -0.4 is 19.6 Å². The number of carbonyl (C=O) groups is 1. The van der Waals surface area contributed by atoms with E-state index in [2.05, 4.69) is 20.8 Å². The summed E-state index contributed by atoms with van der Waals surface area (Å²) in [6.07, 6.45) is 0. The van der Waals surface area contributed by atoms with Gasteiger partial charge in [0.1, 0.15) is 17.1 Å². The van der Waals surface area contributed by atoms with Gasteiger partial charge in [-0.1, -0.05) is 56.6 Å². The molecule has 0 radical (unpaired) electrons. The van der Waals surface area contributed by atoms with Crippen LogP contribution in [0.5, 0.6) is 17.2 Å². The number of rotatable bonds is 6. The Morgan fingerprint density at radius 3 is 2.23 bits per heavy atom. The Kier molecular flexibility index (Phi) is 6.85. The highest BCUT2D eigenvalue weighted by molar-refractivity contribution is 6.31. The molecule has 0 N–H and O–H groups in total. The minimum absolute atomic E-state index is 0.0480. The van der Waals surface area contributed by atoms with Crippen LogP contribution in [-0.2, 0) is 10.2 Å². The molecule has 0 aliphatic rings. The summed E-state index contributed by atoms with van der Waals surface area (Å²) in [5.41, 5.74) is 1.51. The van der Waals surface area contributed by atoms with E-state index in [0.29, 0.717) is 27.7 Å². The summed E-state index contributed by atoms with van der Waals surface area (Å²) in [7, 11) is 1.56. The minimum Gasteiger partial charge on any atom is -0.497 e.